The van der Waals surface area contributed by atoms with Crippen molar-refractivity contribution in [2.75, 3.05) is 18.4 Å². The molecule has 1 aliphatic heterocycles. The number of thiophene rings is 1. The SMILES string of the molecule is O=C(Nc1nnc(-c2ccc(Cl)cc2)s1)C1CCN(S(=O)(=O)c2cccs2)CC1. The van der Waals surface area contributed by atoms with E-state index < -0.39 is 10.0 Å². The Morgan fingerprint density at radius 2 is 1.86 bits per heavy atom. The molecule has 1 N–H and O–H groups in total. The standard InChI is InChI=1S/C18H17ClN4O3S3/c19-14-5-3-13(4-6-14)17-21-22-18(28-17)20-16(24)12-7-9-23(10-8-12)29(25,26)15-2-1-11-27-15/h1-6,11-12H,7-10H2,(H,20,22,24). The lowest BCUT2D eigenvalue weighted by molar-refractivity contribution is -0.120. The van der Waals surface area contributed by atoms with Crippen molar-refractivity contribution in [3.8, 4) is 10.6 Å². The number of amides is 1. The van der Waals surface area contributed by atoms with Crippen molar-refractivity contribution < 1.29 is 13.2 Å². The lowest BCUT2D eigenvalue weighted by Crippen LogP contribution is -2.41. The lowest BCUT2D eigenvalue weighted by Gasteiger charge is -2.29. The Bertz CT molecular complexity index is 1090. The molecule has 2 aromatic heterocycles. The van der Waals surface area contributed by atoms with Crippen molar-refractivity contribution in [1.29, 1.82) is 0 Å². The second kappa shape index (κ2) is 8.49. The number of hydrogen-bond donors (Lipinski definition) is 1. The number of anilines is 1. The molecular weight excluding hydrogens is 452 g/mol. The highest BCUT2D eigenvalue weighted by Gasteiger charge is 2.32. The Balaban J connectivity index is 1.35. The Kier molecular flexibility index (Phi) is 5.98. The van der Waals surface area contributed by atoms with Gasteiger partial charge in [-0.05, 0) is 36.4 Å². The minimum atomic E-state index is -3.47. The van der Waals surface area contributed by atoms with Gasteiger partial charge in [-0.2, -0.15) is 4.31 Å². The summed E-state index contributed by atoms with van der Waals surface area (Å²) < 4.78 is 27.0. The number of nitrogens with one attached hydrogen (secondary N) is 1. The highest BCUT2D eigenvalue weighted by Crippen LogP contribution is 2.29. The largest absolute Gasteiger partial charge is 0.300 e. The van der Waals surface area contributed by atoms with Gasteiger partial charge in [-0.3, -0.25) is 4.79 Å². The Hall–Kier alpha value is -1.85. The minimum absolute atomic E-state index is 0.156. The molecule has 7 nitrogen and oxygen atoms in total. The molecule has 11 heteroatoms. The lowest BCUT2D eigenvalue weighted by atomic mass is 9.97. The molecule has 3 aromatic rings. The maximum absolute atomic E-state index is 12.6. The van der Waals surface area contributed by atoms with Crippen molar-refractivity contribution in [2.45, 2.75) is 17.1 Å². The smallest absolute Gasteiger partial charge is 0.252 e. The van der Waals surface area contributed by atoms with Crippen LogP contribution in [0.25, 0.3) is 10.6 Å². The van der Waals surface area contributed by atoms with Gasteiger partial charge in [-0.25, -0.2) is 8.42 Å². The molecule has 0 bridgehead atoms. The summed E-state index contributed by atoms with van der Waals surface area (Å²) in [6.07, 6.45) is 0.943. The maximum atomic E-state index is 12.6. The Labute approximate surface area is 181 Å². The van der Waals surface area contributed by atoms with Crippen LogP contribution < -0.4 is 5.32 Å². The maximum Gasteiger partial charge on any atom is 0.252 e. The number of piperidine rings is 1. The number of carbonyl (C=O) groups excluding carboxylic acids is 1. The van der Waals surface area contributed by atoms with Gasteiger partial charge in [0.2, 0.25) is 11.0 Å². The normalized spacial score (nSPS) is 16.0. The summed E-state index contributed by atoms with van der Waals surface area (Å²) in [6, 6.07) is 10.6. The fraction of sp³-hybridized carbons (Fsp3) is 0.278. The average Bonchev–Trinajstić information content (AvgIpc) is 3.41. The molecule has 0 atom stereocenters. The summed E-state index contributed by atoms with van der Waals surface area (Å²) in [5, 5.41) is 14.5. The van der Waals surface area contributed by atoms with Crippen LogP contribution in [0.15, 0.2) is 46.0 Å². The third-order valence-electron chi connectivity index (χ3n) is 4.66. The molecule has 0 aliphatic carbocycles. The zero-order valence-corrected chi connectivity index (χ0v) is 18.3. The number of halogens is 1. The van der Waals surface area contributed by atoms with Crippen LogP contribution in [0.2, 0.25) is 5.02 Å². The second-order valence-corrected chi connectivity index (χ2v) is 11.0. The number of rotatable bonds is 5. The first-order valence-electron chi connectivity index (χ1n) is 8.87. The number of benzene rings is 1. The van der Waals surface area contributed by atoms with Crippen molar-refractivity contribution >= 4 is 55.3 Å². The van der Waals surface area contributed by atoms with E-state index in [2.05, 4.69) is 15.5 Å². The highest BCUT2D eigenvalue weighted by molar-refractivity contribution is 7.91. The third kappa shape index (κ3) is 4.51. The molecule has 1 aliphatic rings. The average molecular weight is 469 g/mol. The molecule has 0 saturated carbocycles. The summed E-state index contributed by atoms with van der Waals surface area (Å²) >= 11 is 8.38. The molecule has 0 spiro atoms. The molecule has 1 fully saturated rings. The van der Waals surface area contributed by atoms with Crippen molar-refractivity contribution in [3.05, 3.63) is 46.8 Å². The van der Waals surface area contributed by atoms with Gasteiger partial charge in [0.1, 0.15) is 9.22 Å². The van der Waals surface area contributed by atoms with Crippen molar-refractivity contribution in [2.24, 2.45) is 5.92 Å². The van der Waals surface area contributed by atoms with Crippen LogP contribution in [0.1, 0.15) is 12.8 Å². The first-order chi connectivity index (χ1) is 13.9. The predicted molar refractivity (Wildman–Crippen MR) is 115 cm³/mol. The molecule has 1 amide bonds. The van der Waals surface area contributed by atoms with E-state index >= 15 is 0 Å². The van der Waals surface area contributed by atoms with Crippen LogP contribution >= 0.6 is 34.3 Å². The molecule has 0 unspecified atom stereocenters. The first-order valence-corrected chi connectivity index (χ1v) is 12.4. The fourth-order valence-corrected chi connectivity index (χ4v) is 6.58. The van der Waals surface area contributed by atoms with Crippen LogP contribution in [-0.4, -0.2) is 41.9 Å². The van der Waals surface area contributed by atoms with Crippen molar-refractivity contribution in [1.82, 2.24) is 14.5 Å². The van der Waals surface area contributed by atoms with Gasteiger partial charge < -0.3 is 5.32 Å². The monoisotopic (exact) mass is 468 g/mol. The van der Waals surface area contributed by atoms with Gasteiger partial charge in [0.15, 0.2) is 0 Å². The van der Waals surface area contributed by atoms with E-state index in [1.54, 1.807) is 29.6 Å². The number of nitrogens with zero attached hydrogens (tertiary/aromatic N) is 3. The van der Waals surface area contributed by atoms with E-state index in [0.717, 1.165) is 5.56 Å². The number of carbonyl (C=O) groups is 1. The van der Waals surface area contributed by atoms with Crippen LogP contribution in [-0.2, 0) is 14.8 Å². The summed E-state index contributed by atoms with van der Waals surface area (Å²) in [5.41, 5.74) is 0.875. The minimum Gasteiger partial charge on any atom is -0.300 e. The molecule has 4 rings (SSSR count). The van der Waals surface area contributed by atoms with E-state index in [-0.39, 0.29) is 11.8 Å². The molecule has 3 heterocycles. The number of hydrogen-bond acceptors (Lipinski definition) is 7. The zero-order chi connectivity index (χ0) is 20.4. The Morgan fingerprint density at radius 1 is 1.14 bits per heavy atom. The van der Waals surface area contributed by atoms with Gasteiger partial charge in [-0.1, -0.05) is 41.1 Å². The molecular formula is C18H17ClN4O3S3. The van der Waals surface area contributed by atoms with Crippen LogP contribution in [0, 0.1) is 5.92 Å². The number of aromatic nitrogens is 2. The predicted octanol–water partition coefficient (Wildman–Crippen LogP) is 3.96. The highest BCUT2D eigenvalue weighted by atomic mass is 35.5. The fourth-order valence-electron chi connectivity index (χ4n) is 3.09. The molecule has 1 saturated heterocycles. The van der Waals surface area contributed by atoms with Crippen LogP contribution in [0.5, 0.6) is 0 Å². The van der Waals surface area contributed by atoms with Gasteiger partial charge >= 0.3 is 0 Å². The summed E-state index contributed by atoms with van der Waals surface area (Å²) in [4.78, 5) is 12.6. The van der Waals surface area contributed by atoms with E-state index in [4.69, 9.17) is 11.6 Å². The third-order valence-corrected chi connectivity index (χ3v) is 9.07. The molecule has 152 valence electrons. The van der Waals surface area contributed by atoms with Crippen LogP contribution in [0.4, 0.5) is 5.13 Å². The molecule has 1 aromatic carbocycles. The topological polar surface area (TPSA) is 92.3 Å². The van der Waals surface area contributed by atoms with Gasteiger partial charge in [0.25, 0.3) is 10.0 Å². The Morgan fingerprint density at radius 3 is 2.52 bits per heavy atom. The first kappa shape index (κ1) is 20.4. The molecule has 29 heavy (non-hydrogen) atoms. The summed E-state index contributed by atoms with van der Waals surface area (Å²) in [6.45, 7) is 0.648. The van der Waals surface area contributed by atoms with E-state index in [1.165, 1.54) is 27.0 Å². The summed E-state index contributed by atoms with van der Waals surface area (Å²) in [7, 11) is -3.47. The van der Waals surface area contributed by atoms with Gasteiger partial charge in [0.05, 0.1) is 0 Å². The van der Waals surface area contributed by atoms with Gasteiger partial charge in [-0.15, -0.1) is 21.5 Å². The van der Waals surface area contributed by atoms with Gasteiger partial charge in [0, 0.05) is 29.6 Å². The quantitative estimate of drug-likeness (QED) is 0.611. The molecule has 0 radical (unpaired) electrons. The summed E-state index contributed by atoms with van der Waals surface area (Å²) in [5.74, 6) is -0.412. The van der Waals surface area contributed by atoms with E-state index in [1.807, 2.05) is 12.1 Å². The zero-order valence-electron chi connectivity index (χ0n) is 15.1. The number of sulfonamides is 1. The van der Waals surface area contributed by atoms with Crippen LogP contribution in [0.3, 0.4) is 0 Å². The second-order valence-electron chi connectivity index (χ2n) is 6.52. The van der Waals surface area contributed by atoms with Crippen molar-refractivity contribution in [3.63, 3.8) is 0 Å². The van der Waals surface area contributed by atoms with E-state index in [0.29, 0.717) is 45.3 Å². The van der Waals surface area contributed by atoms with E-state index in [9.17, 15) is 13.2 Å².